The summed E-state index contributed by atoms with van der Waals surface area (Å²) in [6.45, 7) is 7.17. The minimum Gasteiger partial charge on any atom is -0.460 e. The highest BCUT2D eigenvalue weighted by Gasteiger charge is 2.23. The number of esters is 1. The molecule has 0 aliphatic carbocycles. The minimum absolute atomic E-state index is 0.168. The van der Waals surface area contributed by atoms with Crippen molar-refractivity contribution in [3.63, 3.8) is 0 Å². The quantitative estimate of drug-likeness (QED) is 0.329. The van der Waals surface area contributed by atoms with Gasteiger partial charge in [-0.05, 0) is 20.8 Å². The highest BCUT2D eigenvalue weighted by Crippen LogP contribution is 2.44. The van der Waals surface area contributed by atoms with Gasteiger partial charge in [0.25, 0.3) is 0 Å². The summed E-state index contributed by atoms with van der Waals surface area (Å²) in [6.07, 6.45) is 0.915. The zero-order chi connectivity index (χ0) is 13.5. The van der Waals surface area contributed by atoms with Gasteiger partial charge in [0.05, 0.1) is 12.2 Å². The maximum absolute atomic E-state index is 11.8. The third kappa shape index (κ3) is 7.15. The fourth-order valence-corrected chi connectivity index (χ4v) is 2.06. The molecule has 100 valence electrons. The lowest BCUT2D eigenvalue weighted by Gasteiger charge is -2.17. The van der Waals surface area contributed by atoms with Crippen molar-refractivity contribution in [3.8, 4) is 0 Å². The summed E-state index contributed by atoms with van der Waals surface area (Å²) < 4.78 is 26.5. The SMILES string of the molecule is CCNP(=O)(OC)O/C(C)=C/C(=O)OC(C)C. The molecule has 7 heteroatoms. The molecule has 0 aliphatic heterocycles. The van der Waals surface area contributed by atoms with Gasteiger partial charge in [-0.1, -0.05) is 6.92 Å². The lowest BCUT2D eigenvalue weighted by molar-refractivity contribution is -0.141. The number of rotatable bonds is 7. The second kappa shape index (κ2) is 7.48. The summed E-state index contributed by atoms with van der Waals surface area (Å²) in [6, 6.07) is 0. The largest absolute Gasteiger partial charge is 0.460 e. The van der Waals surface area contributed by atoms with Crippen LogP contribution in [0.3, 0.4) is 0 Å². The first-order valence-corrected chi connectivity index (χ1v) is 6.86. The first-order valence-electron chi connectivity index (χ1n) is 5.32. The van der Waals surface area contributed by atoms with E-state index in [9.17, 15) is 9.36 Å². The van der Waals surface area contributed by atoms with Crippen LogP contribution < -0.4 is 5.09 Å². The average Bonchev–Trinajstić information content (AvgIpc) is 2.15. The molecule has 0 heterocycles. The standard InChI is InChI=1S/C10H20NO5P/c1-6-11-17(13,14-5)16-9(4)7-10(12)15-8(2)3/h7-8H,6H2,1-5H3,(H,11,13)/b9-7+. The molecule has 0 amide bonds. The number of allylic oxidation sites excluding steroid dienone is 1. The van der Waals surface area contributed by atoms with Gasteiger partial charge in [-0.25, -0.2) is 14.4 Å². The van der Waals surface area contributed by atoms with E-state index in [0.717, 1.165) is 6.08 Å². The Labute approximate surface area is 102 Å². The first kappa shape index (κ1) is 16.2. The van der Waals surface area contributed by atoms with E-state index in [2.05, 4.69) is 5.09 Å². The van der Waals surface area contributed by atoms with Crippen molar-refractivity contribution < 1.29 is 23.1 Å². The molecule has 0 saturated heterocycles. The predicted molar refractivity (Wildman–Crippen MR) is 64.4 cm³/mol. The molecule has 1 atom stereocenters. The summed E-state index contributed by atoms with van der Waals surface area (Å²) >= 11 is 0. The lowest BCUT2D eigenvalue weighted by Crippen LogP contribution is -2.13. The van der Waals surface area contributed by atoms with Gasteiger partial charge in [-0.2, -0.15) is 0 Å². The molecule has 0 aromatic carbocycles. The molecule has 0 spiro atoms. The number of carbonyl (C=O) groups excluding carboxylic acids is 1. The van der Waals surface area contributed by atoms with Gasteiger partial charge in [0, 0.05) is 13.7 Å². The Morgan fingerprint density at radius 3 is 2.47 bits per heavy atom. The Balaban J connectivity index is 4.50. The maximum atomic E-state index is 11.8. The van der Waals surface area contributed by atoms with Crippen LogP contribution in [-0.2, 0) is 23.1 Å². The number of hydrogen-bond acceptors (Lipinski definition) is 5. The van der Waals surface area contributed by atoms with E-state index in [1.807, 2.05) is 0 Å². The molecule has 6 nitrogen and oxygen atoms in total. The highest BCUT2D eigenvalue weighted by atomic mass is 31.2. The van der Waals surface area contributed by atoms with Crippen molar-refractivity contribution in [3.05, 3.63) is 11.8 Å². The molecule has 0 bridgehead atoms. The number of ether oxygens (including phenoxy) is 1. The van der Waals surface area contributed by atoms with E-state index in [0.29, 0.717) is 6.54 Å². The third-order valence-electron chi connectivity index (χ3n) is 1.53. The van der Waals surface area contributed by atoms with Crippen molar-refractivity contribution >= 4 is 13.7 Å². The zero-order valence-corrected chi connectivity index (χ0v) is 11.7. The monoisotopic (exact) mass is 265 g/mol. The fourth-order valence-electron chi connectivity index (χ4n) is 0.976. The molecule has 0 aromatic heterocycles. The molecule has 0 saturated carbocycles. The van der Waals surface area contributed by atoms with Crippen molar-refractivity contribution in [1.29, 1.82) is 0 Å². The minimum atomic E-state index is -3.37. The van der Waals surface area contributed by atoms with E-state index in [1.54, 1.807) is 20.8 Å². The summed E-state index contributed by atoms with van der Waals surface area (Å²) in [5.74, 6) is -0.376. The van der Waals surface area contributed by atoms with Crippen molar-refractivity contribution in [1.82, 2.24) is 5.09 Å². The van der Waals surface area contributed by atoms with E-state index >= 15 is 0 Å². The smallest absolute Gasteiger partial charge is 0.458 e. The van der Waals surface area contributed by atoms with Crippen LogP contribution in [0.1, 0.15) is 27.7 Å². The van der Waals surface area contributed by atoms with Crippen LogP contribution in [0.5, 0.6) is 0 Å². The summed E-state index contributed by atoms with van der Waals surface area (Å²) in [5, 5.41) is 2.57. The molecule has 0 radical (unpaired) electrons. The van der Waals surface area contributed by atoms with Gasteiger partial charge in [0.1, 0.15) is 5.76 Å². The summed E-state index contributed by atoms with van der Waals surface area (Å²) in [4.78, 5) is 11.3. The second-order valence-electron chi connectivity index (χ2n) is 3.52. The third-order valence-corrected chi connectivity index (χ3v) is 3.24. The summed E-state index contributed by atoms with van der Waals surface area (Å²) in [5.41, 5.74) is 0. The number of hydrogen-bond donors (Lipinski definition) is 1. The Morgan fingerprint density at radius 1 is 1.47 bits per heavy atom. The molecule has 1 N–H and O–H groups in total. The molecule has 17 heavy (non-hydrogen) atoms. The molecule has 0 rings (SSSR count). The maximum Gasteiger partial charge on any atom is 0.458 e. The Kier molecular flexibility index (Phi) is 7.11. The summed E-state index contributed by atoms with van der Waals surface area (Å²) in [7, 11) is -2.11. The fraction of sp³-hybridized carbons (Fsp3) is 0.700. The van der Waals surface area contributed by atoms with Crippen LogP contribution in [0.4, 0.5) is 0 Å². The van der Waals surface area contributed by atoms with Gasteiger partial charge < -0.3 is 9.26 Å². The topological polar surface area (TPSA) is 73.9 Å². The molecule has 0 fully saturated rings. The Bertz CT molecular complexity index is 327. The molecule has 0 aromatic rings. The van der Waals surface area contributed by atoms with Crippen LogP contribution in [0.15, 0.2) is 11.8 Å². The molecular weight excluding hydrogens is 245 g/mol. The zero-order valence-electron chi connectivity index (χ0n) is 10.9. The van der Waals surface area contributed by atoms with Gasteiger partial charge in [0.15, 0.2) is 0 Å². The van der Waals surface area contributed by atoms with Crippen LogP contribution in [0.2, 0.25) is 0 Å². The Morgan fingerprint density at radius 2 is 2.06 bits per heavy atom. The highest BCUT2D eigenvalue weighted by molar-refractivity contribution is 7.51. The van der Waals surface area contributed by atoms with E-state index in [-0.39, 0.29) is 11.9 Å². The van der Waals surface area contributed by atoms with E-state index in [1.165, 1.54) is 14.0 Å². The number of nitrogens with one attached hydrogen (secondary N) is 1. The van der Waals surface area contributed by atoms with Gasteiger partial charge in [-0.3, -0.25) is 4.52 Å². The lowest BCUT2D eigenvalue weighted by atomic mass is 10.4. The van der Waals surface area contributed by atoms with E-state index in [4.69, 9.17) is 13.8 Å². The molecule has 1 unspecified atom stereocenters. The van der Waals surface area contributed by atoms with Crippen LogP contribution >= 0.6 is 7.75 Å². The van der Waals surface area contributed by atoms with Crippen LogP contribution in [-0.4, -0.2) is 25.7 Å². The van der Waals surface area contributed by atoms with Gasteiger partial charge >= 0.3 is 13.7 Å². The normalized spacial score (nSPS) is 15.5. The van der Waals surface area contributed by atoms with Crippen LogP contribution in [0, 0.1) is 0 Å². The number of carbonyl (C=O) groups is 1. The van der Waals surface area contributed by atoms with Crippen LogP contribution in [0.25, 0.3) is 0 Å². The Hall–Kier alpha value is -0.840. The average molecular weight is 265 g/mol. The molecule has 0 aliphatic rings. The van der Waals surface area contributed by atoms with Crippen molar-refractivity contribution in [2.24, 2.45) is 0 Å². The van der Waals surface area contributed by atoms with Crippen molar-refractivity contribution in [2.75, 3.05) is 13.7 Å². The van der Waals surface area contributed by atoms with Crippen molar-refractivity contribution in [2.45, 2.75) is 33.8 Å². The van der Waals surface area contributed by atoms with Gasteiger partial charge in [0.2, 0.25) is 0 Å². The first-order chi connectivity index (χ1) is 7.83. The van der Waals surface area contributed by atoms with E-state index < -0.39 is 13.7 Å². The van der Waals surface area contributed by atoms with Gasteiger partial charge in [-0.15, -0.1) is 0 Å². The second-order valence-corrected chi connectivity index (χ2v) is 5.38. The molecular formula is C10H20NO5P. The predicted octanol–water partition coefficient (Wildman–Crippen LogP) is 2.22.